The maximum absolute atomic E-state index is 3.62. The normalized spacial score (nSPS) is 18.1. The SMILES string of the molecule is BrCC(Cc1ccccc1Br)C1CC1. The lowest BCUT2D eigenvalue weighted by atomic mass is 9.97. The summed E-state index contributed by atoms with van der Waals surface area (Å²) in [6, 6.07) is 8.56. The average molecular weight is 318 g/mol. The molecule has 1 aliphatic carbocycles. The minimum Gasteiger partial charge on any atom is -0.0925 e. The van der Waals surface area contributed by atoms with Crippen LogP contribution in [0.15, 0.2) is 28.7 Å². The molecule has 1 aromatic carbocycles. The lowest BCUT2D eigenvalue weighted by Crippen LogP contribution is -2.08. The summed E-state index contributed by atoms with van der Waals surface area (Å²) >= 11 is 7.23. The van der Waals surface area contributed by atoms with E-state index in [4.69, 9.17) is 0 Å². The zero-order valence-electron chi connectivity index (χ0n) is 8.05. The van der Waals surface area contributed by atoms with Crippen LogP contribution in [0.5, 0.6) is 0 Å². The van der Waals surface area contributed by atoms with Crippen molar-refractivity contribution in [3.8, 4) is 0 Å². The van der Waals surface area contributed by atoms with E-state index in [1.807, 2.05) is 0 Å². The monoisotopic (exact) mass is 316 g/mol. The van der Waals surface area contributed by atoms with E-state index in [-0.39, 0.29) is 0 Å². The van der Waals surface area contributed by atoms with Gasteiger partial charge >= 0.3 is 0 Å². The van der Waals surface area contributed by atoms with Gasteiger partial charge in [-0.3, -0.25) is 0 Å². The third kappa shape index (κ3) is 2.60. The molecule has 1 unspecified atom stereocenters. The minimum absolute atomic E-state index is 0.827. The molecule has 0 aromatic heterocycles. The highest BCUT2D eigenvalue weighted by atomic mass is 79.9. The molecule has 0 saturated heterocycles. The van der Waals surface area contributed by atoms with E-state index in [0.717, 1.165) is 17.2 Å². The first-order valence-corrected chi connectivity index (χ1v) is 7.02. The summed E-state index contributed by atoms with van der Waals surface area (Å²) in [6.45, 7) is 0. The molecule has 76 valence electrons. The predicted molar refractivity (Wildman–Crippen MR) is 67.9 cm³/mol. The van der Waals surface area contributed by atoms with Gasteiger partial charge in [0.1, 0.15) is 0 Å². The molecule has 2 heteroatoms. The van der Waals surface area contributed by atoms with Crippen LogP contribution in [0.2, 0.25) is 0 Å². The van der Waals surface area contributed by atoms with Crippen LogP contribution in [0.3, 0.4) is 0 Å². The maximum Gasteiger partial charge on any atom is 0.0207 e. The number of rotatable bonds is 4. The van der Waals surface area contributed by atoms with Crippen molar-refractivity contribution in [3.05, 3.63) is 34.3 Å². The van der Waals surface area contributed by atoms with Crippen molar-refractivity contribution in [1.29, 1.82) is 0 Å². The van der Waals surface area contributed by atoms with Gasteiger partial charge in [-0.1, -0.05) is 50.1 Å². The molecule has 0 radical (unpaired) electrons. The number of benzene rings is 1. The first-order chi connectivity index (χ1) is 6.81. The second-order valence-corrected chi connectivity index (χ2v) is 5.55. The van der Waals surface area contributed by atoms with Crippen LogP contribution in [-0.4, -0.2) is 5.33 Å². The van der Waals surface area contributed by atoms with Crippen molar-refractivity contribution < 1.29 is 0 Å². The van der Waals surface area contributed by atoms with Crippen LogP contribution in [0, 0.1) is 11.8 Å². The lowest BCUT2D eigenvalue weighted by molar-refractivity contribution is 0.518. The van der Waals surface area contributed by atoms with Gasteiger partial charge in [0.25, 0.3) is 0 Å². The number of hydrogen-bond donors (Lipinski definition) is 0. The summed E-state index contributed by atoms with van der Waals surface area (Å²) in [7, 11) is 0. The molecule has 14 heavy (non-hydrogen) atoms. The third-order valence-electron chi connectivity index (χ3n) is 2.93. The number of hydrogen-bond acceptors (Lipinski definition) is 0. The van der Waals surface area contributed by atoms with Gasteiger partial charge in [0.2, 0.25) is 0 Å². The summed E-state index contributed by atoms with van der Waals surface area (Å²) in [5, 5.41) is 1.14. The molecule has 1 aliphatic rings. The van der Waals surface area contributed by atoms with Crippen LogP contribution in [0.4, 0.5) is 0 Å². The van der Waals surface area contributed by atoms with Crippen molar-refractivity contribution in [2.24, 2.45) is 11.8 Å². The molecular formula is C12H14Br2. The Morgan fingerprint density at radius 1 is 1.29 bits per heavy atom. The molecule has 0 spiro atoms. The van der Waals surface area contributed by atoms with Gasteiger partial charge in [-0.2, -0.15) is 0 Å². The van der Waals surface area contributed by atoms with Gasteiger partial charge in [-0.15, -0.1) is 0 Å². The van der Waals surface area contributed by atoms with E-state index in [2.05, 4.69) is 56.1 Å². The Kier molecular flexibility index (Phi) is 3.67. The molecule has 2 rings (SSSR count). The largest absolute Gasteiger partial charge is 0.0925 e. The summed E-state index contributed by atoms with van der Waals surface area (Å²) in [4.78, 5) is 0. The smallest absolute Gasteiger partial charge is 0.0207 e. The Balaban J connectivity index is 2.04. The molecular weight excluding hydrogens is 304 g/mol. The quantitative estimate of drug-likeness (QED) is 0.721. The molecule has 1 atom stereocenters. The molecule has 1 fully saturated rings. The van der Waals surface area contributed by atoms with Crippen LogP contribution in [0.25, 0.3) is 0 Å². The van der Waals surface area contributed by atoms with E-state index in [1.54, 1.807) is 0 Å². The Morgan fingerprint density at radius 3 is 2.57 bits per heavy atom. The summed E-state index contributed by atoms with van der Waals surface area (Å²) in [6.07, 6.45) is 4.07. The Hall–Kier alpha value is 0.180. The topological polar surface area (TPSA) is 0 Å². The van der Waals surface area contributed by atoms with Gasteiger partial charge in [-0.05, 0) is 42.7 Å². The minimum atomic E-state index is 0.827. The Labute approximate surface area is 102 Å². The van der Waals surface area contributed by atoms with Gasteiger partial charge in [0.15, 0.2) is 0 Å². The molecule has 0 bridgehead atoms. The highest BCUT2D eigenvalue weighted by Crippen LogP contribution is 2.40. The Bertz CT molecular complexity index is 305. The van der Waals surface area contributed by atoms with Crippen molar-refractivity contribution in [1.82, 2.24) is 0 Å². The van der Waals surface area contributed by atoms with Crippen molar-refractivity contribution >= 4 is 31.9 Å². The van der Waals surface area contributed by atoms with E-state index >= 15 is 0 Å². The second kappa shape index (κ2) is 4.80. The molecule has 1 aromatic rings. The average Bonchev–Trinajstić information content (AvgIpc) is 3.00. The number of alkyl halides is 1. The second-order valence-electron chi connectivity index (χ2n) is 4.05. The first-order valence-electron chi connectivity index (χ1n) is 5.10. The summed E-state index contributed by atoms with van der Waals surface area (Å²) < 4.78 is 1.26. The van der Waals surface area contributed by atoms with Crippen LogP contribution < -0.4 is 0 Å². The zero-order valence-corrected chi connectivity index (χ0v) is 11.2. The number of halogens is 2. The van der Waals surface area contributed by atoms with Crippen LogP contribution >= 0.6 is 31.9 Å². The van der Waals surface area contributed by atoms with Crippen LogP contribution in [-0.2, 0) is 6.42 Å². The van der Waals surface area contributed by atoms with Gasteiger partial charge in [0.05, 0.1) is 0 Å². The van der Waals surface area contributed by atoms with Crippen molar-refractivity contribution in [3.63, 3.8) is 0 Å². The predicted octanol–water partition coefficient (Wildman–Crippen LogP) is 4.41. The summed E-state index contributed by atoms with van der Waals surface area (Å²) in [5.41, 5.74) is 1.45. The lowest BCUT2D eigenvalue weighted by Gasteiger charge is -2.13. The van der Waals surface area contributed by atoms with Gasteiger partial charge in [0, 0.05) is 9.80 Å². The van der Waals surface area contributed by atoms with E-state index in [9.17, 15) is 0 Å². The highest BCUT2D eigenvalue weighted by molar-refractivity contribution is 9.10. The van der Waals surface area contributed by atoms with E-state index < -0.39 is 0 Å². The van der Waals surface area contributed by atoms with Gasteiger partial charge in [-0.25, -0.2) is 0 Å². The standard InChI is InChI=1S/C12H14Br2/c13-8-11(9-5-6-9)7-10-3-1-2-4-12(10)14/h1-4,9,11H,5-8H2. The summed E-state index contributed by atoms with van der Waals surface area (Å²) in [5.74, 6) is 1.80. The van der Waals surface area contributed by atoms with Crippen LogP contribution in [0.1, 0.15) is 18.4 Å². The molecule has 1 saturated carbocycles. The van der Waals surface area contributed by atoms with E-state index in [1.165, 1.54) is 29.3 Å². The van der Waals surface area contributed by atoms with Gasteiger partial charge < -0.3 is 0 Å². The van der Waals surface area contributed by atoms with Crippen molar-refractivity contribution in [2.75, 3.05) is 5.33 Å². The molecule has 0 aliphatic heterocycles. The molecule has 0 amide bonds. The zero-order chi connectivity index (χ0) is 9.97. The van der Waals surface area contributed by atoms with Crippen molar-refractivity contribution in [2.45, 2.75) is 19.3 Å². The highest BCUT2D eigenvalue weighted by Gasteiger charge is 2.30. The molecule has 0 heterocycles. The first kappa shape index (κ1) is 10.7. The fourth-order valence-electron chi connectivity index (χ4n) is 1.86. The molecule has 0 nitrogen and oxygen atoms in total. The van der Waals surface area contributed by atoms with E-state index in [0.29, 0.717) is 0 Å². The fourth-order valence-corrected chi connectivity index (χ4v) is 3.07. The fraction of sp³-hybridized carbons (Fsp3) is 0.500. The Morgan fingerprint density at radius 2 is 2.00 bits per heavy atom. The molecule has 0 N–H and O–H groups in total. The third-order valence-corrected chi connectivity index (χ3v) is 4.53. The maximum atomic E-state index is 3.62.